The Hall–Kier alpha value is -2.04. The van der Waals surface area contributed by atoms with E-state index in [0.717, 1.165) is 12.8 Å². The van der Waals surface area contributed by atoms with Crippen molar-refractivity contribution in [3.05, 3.63) is 35.4 Å². The molecule has 102 valence electrons. The summed E-state index contributed by atoms with van der Waals surface area (Å²) in [4.78, 5) is 14.1. The largest absolute Gasteiger partial charge is 0.409 e. The minimum Gasteiger partial charge on any atom is -0.409 e. The molecule has 1 aliphatic heterocycles. The molecule has 1 heterocycles. The van der Waals surface area contributed by atoms with Crippen LogP contribution in [0.2, 0.25) is 0 Å². The third kappa shape index (κ3) is 2.86. The number of carbonyl (C=O) groups is 1. The van der Waals surface area contributed by atoms with Gasteiger partial charge in [-0.15, -0.1) is 0 Å². The van der Waals surface area contributed by atoms with Crippen molar-refractivity contribution >= 4 is 11.7 Å². The van der Waals surface area contributed by atoms with Crippen LogP contribution < -0.4 is 5.73 Å². The summed E-state index contributed by atoms with van der Waals surface area (Å²) in [6.07, 6.45) is 1.70. The van der Waals surface area contributed by atoms with Crippen molar-refractivity contribution in [2.24, 2.45) is 16.8 Å². The first-order valence-electron chi connectivity index (χ1n) is 6.46. The van der Waals surface area contributed by atoms with Gasteiger partial charge in [-0.25, -0.2) is 0 Å². The molecule has 1 aliphatic rings. The normalized spacial score (nSPS) is 17.5. The number of nitrogens with zero attached hydrogens (tertiary/aromatic N) is 2. The molecule has 0 bridgehead atoms. The second-order valence-corrected chi connectivity index (χ2v) is 4.84. The van der Waals surface area contributed by atoms with Gasteiger partial charge in [0.2, 0.25) is 5.91 Å². The van der Waals surface area contributed by atoms with E-state index >= 15 is 0 Å². The SMILES string of the molecule is CC(C(=O)N1CCc2ccccc2CC1)C(N)=NO. The number of hydrogen-bond donors (Lipinski definition) is 2. The van der Waals surface area contributed by atoms with Gasteiger partial charge in [0.25, 0.3) is 0 Å². The molecule has 1 aromatic rings. The van der Waals surface area contributed by atoms with Crippen LogP contribution in [0.3, 0.4) is 0 Å². The molecule has 1 amide bonds. The first-order valence-corrected chi connectivity index (χ1v) is 6.46. The molecule has 0 aliphatic carbocycles. The number of benzene rings is 1. The van der Waals surface area contributed by atoms with E-state index in [2.05, 4.69) is 17.3 Å². The Balaban J connectivity index is 2.08. The van der Waals surface area contributed by atoms with Gasteiger partial charge >= 0.3 is 0 Å². The van der Waals surface area contributed by atoms with E-state index in [1.807, 2.05) is 12.1 Å². The van der Waals surface area contributed by atoms with E-state index in [9.17, 15) is 4.79 Å². The minimum atomic E-state index is -0.578. The maximum atomic E-state index is 12.3. The van der Waals surface area contributed by atoms with E-state index in [1.165, 1.54) is 11.1 Å². The second kappa shape index (κ2) is 5.73. The summed E-state index contributed by atoms with van der Waals surface area (Å²) in [6.45, 7) is 3.02. The number of amides is 1. The summed E-state index contributed by atoms with van der Waals surface area (Å²) in [5.74, 6) is -0.693. The van der Waals surface area contributed by atoms with Crippen LogP contribution in [0.4, 0.5) is 0 Å². The molecule has 0 saturated heterocycles. The van der Waals surface area contributed by atoms with Gasteiger partial charge in [-0.3, -0.25) is 4.79 Å². The van der Waals surface area contributed by atoms with Crippen molar-refractivity contribution < 1.29 is 10.0 Å². The maximum absolute atomic E-state index is 12.3. The fourth-order valence-corrected chi connectivity index (χ4v) is 2.38. The number of amidine groups is 1. The summed E-state index contributed by atoms with van der Waals surface area (Å²) in [6, 6.07) is 8.26. The molecule has 5 nitrogen and oxygen atoms in total. The molecule has 0 saturated carbocycles. The van der Waals surface area contributed by atoms with Crippen LogP contribution in [0.15, 0.2) is 29.4 Å². The number of carbonyl (C=O) groups excluding carboxylic acids is 1. The molecule has 0 aromatic heterocycles. The molecule has 0 fully saturated rings. The van der Waals surface area contributed by atoms with E-state index < -0.39 is 5.92 Å². The molecule has 1 unspecified atom stereocenters. The summed E-state index contributed by atoms with van der Waals surface area (Å²) in [5.41, 5.74) is 8.10. The van der Waals surface area contributed by atoms with Gasteiger partial charge in [-0.1, -0.05) is 29.4 Å². The Labute approximate surface area is 112 Å². The van der Waals surface area contributed by atoms with Gasteiger partial charge in [0.05, 0.1) is 5.92 Å². The van der Waals surface area contributed by atoms with Gasteiger partial charge in [-0.2, -0.15) is 0 Å². The average molecular weight is 261 g/mol. The van der Waals surface area contributed by atoms with Crippen molar-refractivity contribution in [2.45, 2.75) is 19.8 Å². The van der Waals surface area contributed by atoms with Gasteiger partial charge in [0.1, 0.15) is 0 Å². The van der Waals surface area contributed by atoms with Gasteiger partial charge < -0.3 is 15.8 Å². The number of oxime groups is 1. The first-order chi connectivity index (χ1) is 9.13. The van der Waals surface area contributed by atoms with E-state index in [1.54, 1.807) is 11.8 Å². The highest BCUT2D eigenvalue weighted by molar-refractivity contribution is 6.01. The Morgan fingerprint density at radius 1 is 1.32 bits per heavy atom. The monoisotopic (exact) mass is 261 g/mol. The van der Waals surface area contributed by atoms with Crippen molar-refractivity contribution in [2.75, 3.05) is 13.1 Å². The molecule has 5 heteroatoms. The zero-order chi connectivity index (χ0) is 13.8. The summed E-state index contributed by atoms with van der Waals surface area (Å²) < 4.78 is 0. The number of fused-ring (bicyclic) bond motifs is 1. The molecular formula is C14H19N3O2. The zero-order valence-corrected chi connectivity index (χ0v) is 11.0. The predicted molar refractivity (Wildman–Crippen MR) is 73.0 cm³/mol. The Morgan fingerprint density at radius 3 is 2.32 bits per heavy atom. The Morgan fingerprint density at radius 2 is 1.84 bits per heavy atom. The standard InChI is InChI=1S/C14H19N3O2/c1-10(13(15)16-19)14(18)17-8-6-11-4-2-3-5-12(11)7-9-17/h2-5,10,19H,6-9H2,1H3,(H2,15,16). The summed E-state index contributed by atoms with van der Waals surface area (Å²) >= 11 is 0. The van der Waals surface area contributed by atoms with Gasteiger partial charge in [-0.05, 0) is 30.9 Å². The molecular weight excluding hydrogens is 242 g/mol. The highest BCUT2D eigenvalue weighted by atomic mass is 16.4. The highest BCUT2D eigenvalue weighted by Gasteiger charge is 2.25. The van der Waals surface area contributed by atoms with Crippen LogP contribution in [-0.2, 0) is 17.6 Å². The van der Waals surface area contributed by atoms with Crippen LogP contribution in [0, 0.1) is 5.92 Å². The number of rotatable bonds is 2. The maximum Gasteiger partial charge on any atom is 0.233 e. The molecule has 0 spiro atoms. The van der Waals surface area contributed by atoms with Crippen LogP contribution in [0.5, 0.6) is 0 Å². The summed E-state index contributed by atoms with van der Waals surface area (Å²) in [5, 5.41) is 11.6. The van der Waals surface area contributed by atoms with Crippen molar-refractivity contribution in [1.29, 1.82) is 0 Å². The number of nitrogens with two attached hydrogens (primary N) is 1. The minimum absolute atomic E-state index is 0.0354. The lowest BCUT2D eigenvalue weighted by Gasteiger charge is -2.23. The van der Waals surface area contributed by atoms with Crippen LogP contribution in [0.1, 0.15) is 18.1 Å². The Bertz CT molecular complexity index is 472. The Kier molecular flexibility index (Phi) is 4.04. The van der Waals surface area contributed by atoms with E-state index in [4.69, 9.17) is 10.9 Å². The topological polar surface area (TPSA) is 78.9 Å². The third-order valence-electron chi connectivity index (χ3n) is 3.66. The molecule has 1 atom stereocenters. The van der Waals surface area contributed by atoms with E-state index in [-0.39, 0.29) is 11.7 Å². The second-order valence-electron chi connectivity index (χ2n) is 4.84. The summed E-state index contributed by atoms with van der Waals surface area (Å²) in [7, 11) is 0. The fraction of sp³-hybridized carbons (Fsp3) is 0.429. The molecule has 3 N–H and O–H groups in total. The van der Waals surface area contributed by atoms with E-state index in [0.29, 0.717) is 13.1 Å². The number of hydrogen-bond acceptors (Lipinski definition) is 3. The van der Waals surface area contributed by atoms with Crippen LogP contribution in [0.25, 0.3) is 0 Å². The van der Waals surface area contributed by atoms with Gasteiger partial charge in [0, 0.05) is 13.1 Å². The first kappa shape index (κ1) is 13.4. The lowest BCUT2D eigenvalue weighted by atomic mass is 10.0. The van der Waals surface area contributed by atoms with Crippen molar-refractivity contribution in [3.63, 3.8) is 0 Å². The molecule has 19 heavy (non-hydrogen) atoms. The molecule has 1 aromatic carbocycles. The van der Waals surface area contributed by atoms with Gasteiger partial charge in [0.15, 0.2) is 5.84 Å². The van der Waals surface area contributed by atoms with Crippen molar-refractivity contribution in [3.8, 4) is 0 Å². The zero-order valence-electron chi connectivity index (χ0n) is 11.0. The fourth-order valence-electron chi connectivity index (χ4n) is 2.38. The quantitative estimate of drug-likeness (QED) is 0.361. The third-order valence-corrected chi connectivity index (χ3v) is 3.66. The average Bonchev–Trinajstić information content (AvgIpc) is 2.67. The van der Waals surface area contributed by atoms with Crippen molar-refractivity contribution in [1.82, 2.24) is 4.90 Å². The predicted octanol–water partition coefficient (Wildman–Crippen LogP) is 0.996. The van der Waals surface area contributed by atoms with Crippen LogP contribution >= 0.6 is 0 Å². The molecule has 2 rings (SSSR count). The van der Waals surface area contributed by atoms with Crippen LogP contribution in [-0.4, -0.2) is 34.9 Å². The lowest BCUT2D eigenvalue weighted by molar-refractivity contribution is -0.132. The smallest absolute Gasteiger partial charge is 0.233 e. The molecule has 0 radical (unpaired) electrons. The lowest BCUT2D eigenvalue weighted by Crippen LogP contribution is -2.41. The highest BCUT2D eigenvalue weighted by Crippen LogP contribution is 2.16.